The number of urea groups is 1. The number of imide groups is 2. The number of anilines is 1. The van der Waals surface area contributed by atoms with Gasteiger partial charge in [-0.3, -0.25) is 19.4 Å². The summed E-state index contributed by atoms with van der Waals surface area (Å²) in [5, 5.41) is 0. The van der Waals surface area contributed by atoms with E-state index in [9.17, 15) is 27.6 Å². The third kappa shape index (κ3) is 3.59. The zero-order valence-corrected chi connectivity index (χ0v) is 19.5. The van der Waals surface area contributed by atoms with Gasteiger partial charge >= 0.3 is 12.2 Å². The first-order chi connectivity index (χ1) is 16.5. The summed E-state index contributed by atoms with van der Waals surface area (Å²) in [6.07, 6.45) is -2.66. The number of rotatable bonds is 2. The number of hydrogen-bond acceptors (Lipinski definition) is 4. The summed E-state index contributed by atoms with van der Waals surface area (Å²) < 4.78 is 40.5. The van der Waals surface area contributed by atoms with Crippen molar-refractivity contribution in [2.24, 2.45) is 11.3 Å². The topological polar surface area (TPSA) is 60.9 Å². The maximum Gasteiger partial charge on any atom is 0.416 e. The molecule has 1 spiro atoms. The SMILES string of the molecule is CN1C(=O)N(C)C(=O)C2(Cc3cc(C(F)(F)F)ccc3N3CCC(Cc4ccccc4)CC32)C1=O. The van der Waals surface area contributed by atoms with E-state index in [1.54, 1.807) is 0 Å². The smallest absolute Gasteiger partial charge is 0.367 e. The summed E-state index contributed by atoms with van der Waals surface area (Å²) in [7, 11) is 2.65. The molecule has 2 atom stereocenters. The van der Waals surface area contributed by atoms with Crippen molar-refractivity contribution in [3.8, 4) is 0 Å². The zero-order valence-electron chi connectivity index (χ0n) is 19.5. The Hall–Kier alpha value is -3.36. The molecule has 0 aromatic heterocycles. The Kier molecular flexibility index (Phi) is 5.41. The lowest BCUT2D eigenvalue weighted by molar-refractivity contribution is -0.160. The Morgan fingerprint density at radius 3 is 2.26 bits per heavy atom. The van der Waals surface area contributed by atoms with Gasteiger partial charge in [-0.05, 0) is 60.9 Å². The van der Waals surface area contributed by atoms with Crippen molar-refractivity contribution < 1.29 is 27.6 Å². The van der Waals surface area contributed by atoms with Crippen LogP contribution in [0.15, 0.2) is 48.5 Å². The molecule has 184 valence electrons. The third-order valence-corrected chi connectivity index (χ3v) is 7.78. The molecule has 3 heterocycles. The molecule has 2 saturated heterocycles. The highest BCUT2D eigenvalue weighted by Crippen LogP contribution is 2.50. The van der Waals surface area contributed by atoms with Crippen molar-refractivity contribution in [1.82, 2.24) is 9.80 Å². The number of barbiturate groups is 1. The second kappa shape index (κ2) is 8.10. The zero-order chi connectivity index (χ0) is 25.1. The molecule has 0 radical (unpaired) electrons. The standard InChI is InChI=1S/C26H26F3N3O3/c1-30-22(33)25(23(34)31(2)24(30)35)15-18-14-19(26(27,28)29)8-9-20(18)32-11-10-17(13-21(25)32)12-16-6-4-3-5-7-16/h3-9,14,17,21H,10-13,15H2,1-2H3. The van der Waals surface area contributed by atoms with E-state index in [-0.39, 0.29) is 12.3 Å². The van der Waals surface area contributed by atoms with Gasteiger partial charge in [0, 0.05) is 26.3 Å². The molecule has 0 N–H and O–H groups in total. The Morgan fingerprint density at radius 1 is 0.971 bits per heavy atom. The number of piperidine rings is 1. The minimum atomic E-state index is -4.55. The fourth-order valence-corrected chi connectivity index (χ4v) is 6.05. The predicted octanol–water partition coefficient (Wildman–Crippen LogP) is 4.13. The number of halogens is 3. The number of alkyl halides is 3. The quantitative estimate of drug-likeness (QED) is 0.601. The second-order valence-corrected chi connectivity index (χ2v) is 9.79. The van der Waals surface area contributed by atoms with Crippen LogP contribution in [-0.2, 0) is 28.6 Å². The number of nitrogens with zero attached hydrogens (tertiary/aromatic N) is 3. The van der Waals surface area contributed by atoms with Gasteiger partial charge < -0.3 is 4.90 Å². The van der Waals surface area contributed by atoms with Crippen molar-refractivity contribution in [1.29, 1.82) is 0 Å². The van der Waals surface area contributed by atoms with Crippen LogP contribution in [0.4, 0.5) is 23.7 Å². The Bertz CT molecular complexity index is 1170. The van der Waals surface area contributed by atoms with Gasteiger partial charge in [0.15, 0.2) is 5.41 Å². The van der Waals surface area contributed by atoms with Gasteiger partial charge in [-0.25, -0.2) is 4.79 Å². The lowest BCUT2D eigenvalue weighted by atomic mass is 9.64. The molecule has 4 amide bonds. The van der Waals surface area contributed by atoms with Gasteiger partial charge in [0.1, 0.15) is 0 Å². The van der Waals surface area contributed by atoms with Crippen LogP contribution >= 0.6 is 0 Å². The number of benzene rings is 2. The first kappa shape index (κ1) is 23.4. The van der Waals surface area contributed by atoms with Crippen LogP contribution < -0.4 is 4.90 Å². The number of fused-ring (bicyclic) bond motifs is 4. The van der Waals surface area contributed by atoms with Crippen molar-refractivity contribution in [3.05, 3.63) is 65.2 Å². The monoisotopic (exact) mass is 485 g/mol. The molecule has 5 rings (SSSR count). The molecule has 35 heavy (non-hydrogen) atoms. The predicted molar refractivity (Wildman–Crippen MR) is 123 cm³/mol. The minimum absolute atomic E-state index is 0.175. The molecule has 3 aliphatic heterocycles. The molecular weight excluding hydrogens is 459 g/mol. The molecule has 0 saturated carbocycles. The molecule has 6 nitrogen and oxygen atoms in total. The van der Waals surface area contributed by atoms with E-state index in [1.165, 1.54) is 20.2 Å². The first-order valence-corrected chi connectivity index (χ1v) is 11.6. The largest absolute Gasteiger partial charge is 0.416 e. The molecule has 2 fully saturated rings. The van der Waals surface area contributed by atoms with Gasteiger partial charge in [0.05, 0.1) is 11.6 Å². The number of carbonyl (C=O) groups is 3. The number of hydrogen-bond donors (Lipinski definition) is 0. The minimum Gasteiger partial charge on any atom is -0.367 e. The number of carbonyl (C=O) groups excluding carboxylic acids is 3. The van der Waals surface area contributed by atoms with E-state index in [2.05, 4.69) is 0 Å². The maximum absolute atomic E-state index is 13.7. The summed E-state index contributed by atoms with van der Waals surface area (Å²) in [4.78, 5) is 43.7. The highest BCUT2D eigenvalue weighted by molar-refractivity contribution is 6.20. The van der Waals surface area contributed by atoms with E-state index in [1.807, 2.05) is 35.2 Å². The molecule has 2 aromatic rings. The van der Waals surface area contributed by atoms with Crippen molar-refractivity contribution in [2.75, 3.05) is 25.5 Å². The van der Waals surface area contributed by atoms with Crippen LogP contribution in [0.3, 0.4) is 0 Å². The van der Waals surface area contributed by atoms with E-state index in [0.717, 1.165) is 40.3 Å². The normalized spacial score (nSPS) is 24.0. The van der Waals surface area contributed by atoms with E-state index in [0.29, 0.717) is 24.2 Å². The average Bonchev–Trinajstić information content (AvgIpc) is 2.84. The maximum atomic E-state index is 13.7. The third-order valence-electron chi connectivity index (χ3n) is 7.78. The molecular formula is C26H26F3N3O3. The van der Waals surface area contributed by atoms with Crippen molar-refractivity contribution >= 4 is 23.5 Å². The molecule has 0 aliphatic carbocycles. The van der Waals surface area contributed by atoms with Gasteiger partial charge in [0.2, 0.25) is 11.8 Å². The van der Waals surface area contributed by atoms with Gasteiger partial charge in [0.25, 0.3) is 0 Å². The summed E-state index contributed by atoms with van der Waals surface area (Å²) in [5.41, 5.74) is -0.414. The van der Waals surface area contributed by atoms with Crippen molar-refractivity contribution in [2.45, 2.75) is 37.9 Å². The summed E-state index contributed by atoms with van der Waals surface area (Å²) in [6, 6.07) is 12.2. The lowest BCUT2D eigenvalue weighted by Crippen LogP contribution is -2.72. The van der Waals surface area contributed by atoms with Crippen molar-refractivity contribution in [3.63, 3.8) is 0 Å². The van der Waals surface area contributed by atoms with Crippen LogP contribution in [-0.4, -0.2) is 54.3 Å². The highest BCUT2D eigenvalue weighted by atomic mass is 19.4. The van der Waals surface area contributed by atoms with E-state index in [4.69, 9.17) is 0 Å². The van der Waals surface area contributed by atoms with Crippen LogP contribution in [0.25, 0.3) is 0 Å². The van der Waals surface area contributed by atoms with Gasteiger partial charge in [-0.15, -0.1) is 0 Å². The average molecular weight is 486 g/mol. The Labute approximate surface area is 201 Å². The molecule has 2 unspecified atom stereocenters. The van der Waals surface area contributed by atoms with Crippen LogP contribution in [0, 0.1) is 11.3 Å². The summed E-state index contributed by atoms with van der Waals surface area (Å²) >= 11 is 0. The van der Waals surface area contributed by atoms with E-state index < -0.39 is 41.0 Å². The van der Waals surface area contributed by atoms with E-state index >= 15 is 0 Å². The lowest BCUT2D eigenvalue weighted by Gasteiger charge is -2.55. The van der Waals surface area contributed by atoms with Crippen LogP contribution in [0.1, 0.15) is 29.5 Å². The van der Waals surface area contributed by atoms with Crippen LogP contribution in [0.2, 0.25) is 0 Å². The summed E-state index contributed by atoms with van der Waals surface area (Å²) in [5.74, 6) is -1.12. The summed E-state index contributed by atoms with van der Waals surface area (Å²) in [6.45, 7) is 0.504. The molecule has 3 aliphatic rings. The van der Waals surface area contributed by atoms with Gasteiger partial charge in [-0.2, -0.15) is 13.2 Å². The Balaban J connectivity index is 1.61. The Morgan fingerprint density at radius 2 is 1.63 bits per heavy atom. The molecule has 2 aromatic carbocycles. The molecule has 0 bridgehead atoms. The highest BCUT2D eigenvalue weighted by Gasteiger charge is 2.63. The first-order valence-electron chi connectivity index (χ1n) is 11.6. The second-order valence-electron chi connectivity index (χ2n) is 9.79. The fourth-order valence-electron chi connectivity index (χ4n) is 6.05. The fraction of sp³-hybridized carbons (Fsp3) is 0.423. The number of amides is 4. The molecule has 9 heteroatoms. The van der Waals surface area contributed by atoms with Crippen LogP contribution in [0.5, 0.6) is 0 Å². The van der Waals surface area contributed by atoms with Gasteiger partial charge in [-0.1, -0.05) is 30.3 Å².